The number of ether oxygens (including phenoxy) is 2. The van der Waals surface area contributed by atoms with Gasteiger partial charge in [0.15, 0.2) is 5.82 Å². The van der Waals surface area contributed by atoms with E-state index in [0.717, 1.165) is 23.5 Å². The third-order valence-corrected chi connectivity index (χ3v) is 9.01. The van der Waals surface area contributed by atoms with Gasteiger partial charge in [0.25, 0.3) is 0 Å². The maximum atomic E-state index is 16.8. The predicted octanol–water partition coefficient (Wildman–Crippen LogP) is 5.91. The molecular weight excluding hydrogens is 616 g/mol. The van der Waals surface area contributed by atoms with Crippen LogP contribution in [0.3, 0.4) is 0 Å². The summed E-state index contributed by atoms with van der Waals surface area (Å²) < 4.78 is 99.3. The first-order valence-corrected chi connectivity index (χ1v) is 14.7. The Balaban J connectivity index is 1.45. The zero-order valence-electron chi connectivity index (χ0n) is 24.5. The first-order chi connectivity index (χ1) is 21.9. The van der Waals surface area contributed by atoms with Gasteiger partial charge in [0.1, 0.15) is 59.9 Å². The number of alkyl halides is 4. The SMILES string of the molecule is C#Cc1c(F)ccc2cc(O)cc(-c3nc4c5c(nc(OC[C@@]67CCCN6C[C@H](F)C7)nc5c3F)N(CC(F)(F)F)[C@@H](C)CO4)c12. The number of hydrogen-bond acceptors (Lipinski definition) is 8. The van der Waals surface area contributed by atoms with Crippen molar-refractivity contribution in [3.63, 3.8) is 0 Å². The van der Waals surface area contributed by atoms with Crippen molar-refractivity contribution in [3.05, 3.63) is 41.5 Å². The van der Waals surface area contributed by atoms with E-state index in [1.807, 2.05) is 4.90 Å². The molecule has 2 saturated heterocycles. The van der Waals surface area contributed by atoms with Gasteiger partial charge >= 0.3 is 12.2 Å². The number of terminal acetylenes is 1. The Morgan fingerprint density at radius 1 is 1.17 bits per heavy atom. The Kier molecular flexibility index (Phi) is 7.08. The number of pyridine rings is 1. The van der Waals surface area contributed by atoms with Crippen LogP contribution in [-0.4, -0.2) is 81.7 Å². The number of anilines is 1. The molecule has 3 aliphatic heterocycles. The molecule has 0 radical (unpaired) electrons. The fourth-order valence-corrected chi connectivity index (χ4v) is 6.98. The van der Waals surface area contributed by atoms with E-state index in [-0.39, 0.29) is 70.9 Å². The van der Waals surface area contributed by atoms with Crippen LogP contribution in [-0.2, 0) is 0 Å². The van der Waals surface area contributed by atoms with E-state index in [1.165, 1.54) is 19.1 Å². The Bertz CT molecular complexity index is 1930. The van der Waals surface area contributed by atoms with Gasteiger partial charge in [0.05, 0.1) is 17.1 Å². The van der Waals surface area contributed by atoms with Gasteiger partial charge in [-0.15, -0.1) is 6.42 Å². The fourth-order valence-electron chi connectivity index (χ4n) is 6.98. The van der Waals surface area contributed by atoms with E-state index in [2.05, 4.69) is 20.9 Å². The molecule has 3 aliphatic rings. The van der Waals surface area contributed by atoms with Crippen LogP contribution >= 0.6 is 0 Å². The van der Waals surface area contributed by atoms with Crippen LogP contribution in [0, 0.1) is 24.0 Å². The lowest BCUT2D eigenvalue weighted by molar-refractivity contribution is -0.120. The molecule has 240 valence electrons. The normalized spacial score (nSPS) is 23.0. The Labute approximate surface area is 259 Å². The number of hydrogen-bond donors (Lipinski definition) is 1. The highest BCUT2D eigenvalue weighted by atomic mass is 19.4. The van der Waals surface area contributed by atoms with Gasteiger partial charge in [0.2, 0.25) is 5.88 Å². The van der Waals surface area contributed by atoms with Crippen LogP contribution in [0.1, 0.15) is 31.7 Å². The van der Waals surface area contributed by atoms with E-state index in [0.29, 0.717) is 13.0 Å². The van der Waals surface area contributed by atoms with Crippen LogP contribution < -0.4 is 14.4 Å². The lowest BCUT2D eigenvalue weighted by atomic mass is 9.95. The largest absolute Gasteiger partial charge is 0.508 e. The number of rotatable bonds is 5. The molecule has 5 heterocycles. The molecule has 2 aromatic heterocycles. The minimum atomic E-state index is -4.66. The van der Waals surface area contributed by atoms with E-state index in [1.54, 1.807) is 0 Å². The van der Waals surface area contributed by atoms with E-state index >= 15 is 4.39 Å². The van der Waals surface area contributed by atoms with Crippen molar-refractivity contribution in [1.29, 1.82) is 0 Å². The second kappa shape index (κ2) is 10.8. The molecule has 0 unspecified atom stereocenters. The molecular formula is C32H27F6N5O3. The molecule has 4 aromatic rings. The van der Waals surface area contributed by atoms with E-state index in [4.69, 9.17) is 15.9 Å². The van der Waals surface area contributed by atoms with Crippen molar-refractivity contribution in [2.75, 3.05) is 37.7 Å². The second-order valence-electron chi connectivity index (χ2n) is 12.1. The van der Waals surface area contributed by atoms with Gasteiger partial charge in [-0.2, -0.15) is 23.1 Å². The van der Waals surface area contributed by atoms with Gasteiger partial charge in [0, 0.05) is 23.9 Å². The van der Waals surface area contributed by atoms with Crippen molar-refractivity contribution in [2.24, 2.45) is 0 Å². The summed E-state index contributed by atoms with van der Waals surface area (Å²) in [5, 5.41) is 10.7. The highest BCUT2D eigenvalue weighted by Gasteiger charge is 2.49. The molecule has 1 N–H and O–H groups in total. The number of fused-ring (bicyclic) bond motifs is 2. The summed E-state index contributed by atoms with van der Waals surface area (Å²) in [5.74, 6) is -0.485. The van der Waals surface area contributed by atoms with Gasteiger partial charge in [-0.05, 0) is 49.9 Å². The monoisotopic (exact) mass is 643 g/mol. The Hall–Kier alpha value is -4.51. The van der Waals surface area contributed by atoms with Crippen molar-refractivity contribution in [2.45, 2.75) is 50.1 Å². The first kappa shape index (κ1) is 30.2. The first-order valence-electron chi connectivity index (χ1n) is 14.7. The molecule has 8 nitrogen and oxygen atoms in total. The smallest absolute Gasteiger partial charge is 0.405 e. The molecule has 46 heavy (non-hydrogen) atoms. The minimum Gasteiger partial charge on any atom is -0.508 e. The standard InChI is InChI=1S/C32H27F6N5O3/c1-3-20-22(34)6-5-17-9-19(44)10-21(23(17)20)26-25(35)27-24-28(43(14-32(36,37)38)16(2)13-45-29(24)39-26)41-30(40-27)46-15-31-7-4-8-42(31)12-18(33)11-31/h1,5-6,9-10,16,18,44H,4,7-8,11-15H2,2H3/t16-,18+,31-/m0/s1. The molecule has 0 amide bonds. The molecule has 3 atom stereocenters. The van der Waals surface area contributed by atoms with Crippen molar-refractivity contribution in [1.82, 2.24) is 19.9 Å². The summed E-state index contributed by atoms with van der Waals surface area (Å²) in [5.41, 5.74) is -1.84. The minimum absolute atomic E-state index is 0.0574. The summed E-state index contributed by atoms with van der Waals surface area (Å²) in [6, 6.07) is 3.64. The lowest BCUT2D eigenvalue weighted by Gasteiger charge is -2.31. The summed E-state index contributed by atoms with van der Waals surface area (Å²) in [7, 11) is 0. The number of phenolic OH excluding ortho intramolecular Hbond substituents is 1. The van der Waals surface area contributed by atoms with Gasteiger partial charge in [-0.1, -0.05) is 12.0 Å². The number of nitrogens with zero attached hydrogens (tertiary/aromatic N) is 5. The van der Waals surface area contributed by atoms with Crippen LogP contribution in [0.4, 0.5) is 32.2 Å². The van der Waals surface area contributed by atoms with Gasteiger partial charge in [-0.3, -0.25) is 4.90 Å². The third kappa shape index (κ3) is 4.97. The van der Waals surface area contributed by atoms with E-state index in [9.17, 15) is 27.1 Å². The van der Waals surface area contributed by atoms with Crippen LogP contribution in [0.2, 0.25) is 0 Å². The average Bonchev–Trinajstić information content (AvgIpc) is 3.49. The molecule has 2 aromatic carbocycles. The summed E-state index contributed by atoms with van der Waals surface area (Å²) in [6.45, 7) is 0.632. The van der Waals surface area contributed by atoms with Gasteiger partial charge in [-0.25, -0.2) is 18.2 Å². The Morgan fingerprint density at radius 2 is 1.98 bits per heavy atom. The third-order valence-electron chi connectivity index (χ3n) is 9.01. The molecule has 14 heteroatoms. The summed E-state index contributed by atoms with van der Waals surface area (Å²) in [6.07, 6.45) is 1.56. The maximum absolute atomic E-state index is 16.8. The molecule has 0 bridgehead atoms. The zero-order valence-corrected chi connectivity index (χ0v) is 24.5. The van der Waals surface area contributed by atoms with Crippen molar-refractivity contribution in [3.8, 4) is 41.2 Å². The zero-order chi connectivity index (χ0) is 32.5. The number of halogens is 6. The maximum Gasteiger partial charge on any atom is 0.405 e. The van der Waals surface area contributed by atoms with Crippen molar-refractivity contribution >= 4 is 27.5 Å². The van der Waals surface area contributed by atoms with Crippen LogP contribution in [0.25, 0.3) is 32.9 Å². The lowest BCUT2D eigenvalue weighted by Crippen LogP contribution is -2.44. The van der Waals surface area contributed by atoms with E-state index < -0.39 is 59.3 Å². The number of benzene rings is 2. The Morgan fingerprint density at radius 3 is 2.74 bits per heavy atom. The molecule has 7 rings (SSSR count). The fraction of sp³-hybridized carbons (Fsp3) is 0.406. The van der Waals surface area contributed by atoms with Crippen LogP contribution in [0.15, 0.2) is 24.3 Å². The van der Waals surface area contributed by atoms with Gasteiger partial charge < -0.3 is 19.5 Å². The highest BCUT2D eigenvalue weighted by molar-refractivity contribution is 6.04. The quantitative estimate of drug-likeness (QED) is 0.212. The van der Waals surface area contributed by atoms with Crippen molar-refractivity contribution < 1.29 is 40.9 Å². The topological polar surface area (TPSA) is 83.8 Å². The molecule has 0 aliphatic carbocycles. The average molecular weight is 644 g/mol. The number of aromatic hydroxyl groups is 1. The molecule has 0 saturated carbocycles. The number of phenols is 1. The summed E-state index contributed by atoms with van der Waals surface area (Å²) in [4.78, 5) is 15.9. The molecule has 0 spiro atoms. The predicted molar refractivity (Wildman–Crippen MR) is 157 cm³/mol. The molecule has 2 fully saturated rings. The van der Waals surface area contributed by atoms with Crippen LogP contribution in [0.5, 0.6) is 17.6 Å². The summed E-state index contributed by atoms with van der Waals surface area (Å²) >= 11 is 0. The highest BCUT2D eigenvalue weighted by Crippen LogP contribution is 2.45. The number of aromatic nitrogens is 3. The second-order valence-corrected chi connectivity index (χ2v) is 12.1.